The van der Waals surface area contributed by atoms with Gasteiger partial charge >= 0.3 is 0 Å². The minimum absolute atomic E-state index is 0.0637. The van der Waals surface area contributed by atoms with E-state index < -0.39 is 0 Å². The lowest BCUT2D eigenvalue weighted by Gasteiger charge is -2.15. The second-order valence-electron chi connectivity index (χ2n) is 3.75. The van der Waals surface area contributed by atoms with E-state index in [9.17, 15) is 4.79 Å². The maximum Gasteiger partial charge on any atom is 0.221 e. The van der Waals surface area contributed by atoms with Crippen molar-refractivity contribution in [1.29, 1.82) is 5.26 Å². The molecule has 0 aromatic carbocycles. The van der Waals surface area contributed by atoms with Crippen LogP contribution in [-0.4, -0.2) is 31.1 Å². The van der Waals surface area contributed by atoms with Crippen molar-refractivity contribution < 1.29 is 4.79 Å². The van der Waals surface area contributed by atoms with Gasteiger partial charge in [0.2, 0.25) is 5.91 Å². The van der Waals surface area contributed by atoms with E-state index in [2.05, 4.69) is 16.7 Å². The maximum atomic E-state index is 11.3. The number of nitrogens with one attached hydrogen (secondary N) is 2. The van der Waals surface area contributed by atoms with Gasteiger partial charge in [0.05, 0.1) is 18.0 Å². The third-order valence-corrected chi connectivity index (χ3v) is 2.23. The van der Waals surface area contributed by atoms with Crippen LogP contribution in [0.1, 0.15) is 13.3 Å². The van der Waals surface area contributed by atoms with Crippen LogP contribution in [0.4, 0.5) is 0 Å². The Hall–Kier alpha value is -1.12. The highest BCUT2D eigenvalue weighted by molar-refractivity contribution is 5.77. The van der Waals surface area contributed by atoms with Crippen LogP contribution in [-0.2, 0) is 4.79 Å². The lowest BCUT2D eigenvalue weighted by atomic mass is 10.1. The Bertz CT molecular complexity index is 246. The summed E-state index contributed by atoms with van der Waals surface area (Å²) in [6.07, 6.45) is 0.314. The fraction of sp³-hybridized carbons (Fsp3) is 0.778. The van der Waals surface area contributed by atoms with Gasteiger partial charge in [-0.15, -0.1) is 0 Å². The van der Waals surface area contributed by atoms with Crippen LogP contribution in [0, 0.1) is 17.2 Å². The van der Waals surface area contributed by atoms with E-state index in [4.69, 9.17) is 11.0 Å². The van der Waals surface area contributed by atoms with Crippen LogP contribution in [0.25, 0.3) is 0 Å². The molecule has 1 aliphatic heterocycles. The molecular weight excluding hydrogens is 180 g/mol. The fourth-order valence-corrected chi connectivity index (χ4v) is 1.52. The monoisotopic (exact) mass is 196 g/mol. The largest absolute Gasteiger partial charge is 0.351 e. The Morgan fingerprint density at radius 1 is 1.79 bits per heavy atom. The van der Waals surface area contributed by atoms with E-state index >= 15 is 0 Å². The predicted molar refractivity (Wildman–Crippen MR) is 52.2 cm³/mol. The normalized spacial score (nSPS) is 28.1. The lowest BCUT2D eigenvalue weighted by Crippen LogP contribution is -2.41. The molecule has 4 N–H and O–H groups in total. The molecule has 1 fully saturated rings. The number of carbonyl (C=O) groups excluding carboxylic acids is 1. The Labute approximate surface area is 83.6 Å². The van der Waals surface area contributed by atoms with Gasteiger partial charge in [0.15, 0.2) is 0 Å². The highest BCUT2D eigenvalue weighted by Gasteiger charge is 2.27. The van der Waals surface area contributed by atoms with Crippen molar-refractivity contribution in [3.05, 3.63) is 0 Å². The van der Waals surface area contributed by atoms with Crippen LogP contribution in [0.5, 0.6) is 0 Å². The lowest BCUT2D eigenvalue weighted by molar-refractivity contribution is -0.122. The molecule has 0 spiro atoms. The van der Waals surface area contributed by atoms with Gasteiger partial charge in [-0.1, -0.05) is 0 Å². The summed E-state index contributed by atoms with van der Waals surface area (Å²) in [4.78, 5) is 11.3. The summed E-state index contributed by atoms with van der Waals surface area (Å²) in [7, 11) is 0. The quantitative estimate of drug-likeness (QED) is 0.537. The van der Waals surface area contributed by atoms with Gasteiger partial charge in [-0.05, 0) is 6.92 Å². The van der Waals surface area contributed by atoms with Gasteiger partial charge < -0.3 is 16.4 Å². The van der Waals surface area contributed by atoms with Gasteiger partial charge in [-0.3, -0.25) is 4.79 Å². The number of hydrogen-bond donors (Lipinski definition) is 3. The zero-order valence-electron chi connectivity index (χ0n) is 8.29. The molecule has 3 atom stereocenters. The molecule has 78 valence electrons. The van der Waals surface area contributed by atoms with Crippen molar-refractivity contribution in [2.75, 3.05) is 13.1 Å². The Kier molecular flexibility index (Phi) is 3.86. The molecule has 1 aliphatic rings. The molecule has 0 bridgehead atoms. The van der Waals surface area contributed by atoms with Crippen LogP contribution < -0.4 is 16.4 Å². The highest BCUT2D eigenvalue weighted by atomic mass is 16.1. The summed E-state index contributed by atoms with van der Waals surface area (Å²) in [5.74, 6) is -0.194. The minimum atomic E-state index is -0.134. The molecule has 14 heavy (non-hydrogen) atoms. The van der Waals surface area contributed by atoms with Gasteiger partial charge in [0.1, 0.15) is 0 Å². The van der Waals surface area contributed by atoms with E-state index in [0.29, 0.717) is 19.5 Å². The van der Waals surface area contributed by atoms with Crippen molar-refractivity contribution in [1.82, 2.24) is 10.6 Å². The zero-order chi connectivity index (χ0) is 10.6. The molecule has 1 rings (SSSR count). The first-order valence-corrected chi connectivity index (χ1v) is 4.78. The second kappa shape index (κ2) is 4.94. The van der Waals surface area contributed by atoms with Crippen LogP contribution in [0.2, 0.25) is 0 Å². The van der Waals surface area contributed by atoms with E-state index in [0.717, 1.165) is 0 Å². The number of hydrogen-bond acceptors (Lipinski definition) is 4. The molecular formula is C9H16N4O. The second-order valence-corrected chi connectivity index (χ2v) is 3.75. The fourth-order valence-electron chi connectivity index (χ4n) is 1.52. The third-order valence-electron chi connectivity index (χ3n) is 2.23. The smallest absolute Gasteiger partial charge is 0.221 e. The Morgan fingerprint density at radius 2 is 2.50 bits per heavy atom. The van der Waals surface area contributed by atoms with Crippen LogP contribution in [0.3, 0.4) is 0 Å². The SMILES string of the molecule is CC(N)CC(=O)NC1CNCC1C#N. The summed E-state index contributed by atoms with van der Waals surface area (Å²) >= 11 is 0. The molecule has 0 aromatic rings. The summed E-state index contributed by atoms with van der Waals surface area (Å²) in [5, 5.41) is 14.6. The molecule has 1 amide bonds. The summed E-state index contributed by atoms with van der Waals surface area (Å²) in [6.45, 7) is 3.11. The van der Waals surface area contributed by atoms with Crippen molar-refractivity contribution in [3.8, 4) is 6.07 Å². The third kappa shape index (κ3) is 2.98. The van der Waals surface area contributed by atoms with Crippen molar-refractivity contribution >= 4 is 5.91 Å². The summed E-state index contributed by atoms with van der Waals surface area (Å²) in [5.41, 5.74) is 5.49. The topological polar surface area (TPSA) is 90.9 Å². The molecule has 3 unspecified atom stereocenters. The Balaban J connectivity index is 2.37. The molecule has 0 aliphatic carbocycles. The first kappa shape index (κ1) is 11.0. The molecule has 0 radical (unpaired) electrons. The van der Waals surface area contributed by atoms with Crippen molar-refractivity contribution in [3.63, 3.8) is 0 Å². The number of carbonyl (C=O) groups is 1. The molecule has 5 heteroatoms. The molecule has 0 saturated carbocycles. The highest BCUT2D eigenvalue weighted by Crippen LogP contribution is 2.07. The summed E-state index contributed by atoms with van der Waals surface area (Å²) < 4.78 is 0. The average Bonchev–Trinajstić information content (AvgIpc) is 2.50. The first-order valence-electron chi connectivity index (χ1n) is 4.78. The van der Waals surface area contributed by atoms with E-state index in [1.807, 2.05) is 0 Å². The van der Waals surface area contributed by atoms with E-state index in [-0.39, 0.29) is 23.9 Å². The minimum Gasteiger partial charge on any atom is -0.351 e. The predicted octanol–water partition coefficient (Wildman–Crippen LogP) is -1.05. The van der Waals surface area contributed by atoms with Crippen molar-refractivity contribution in [2.45, 2.75) is 25.4 Å². The van der Waals surface area contributed by atoms with Gasteiger partial charge in [-0.25, -0.2) is 0 Å². The first-order chi connectivity index (χ1) is 6.63. The maximum absolute atomic E-state index is 11.3. The summed E-state index contributed by atoms with van der Waals surface area (Å²) in [6, 6.07) is 1.97. The average molecular weight is 196 g/mol. The number of amides is 1. The number of nitriles is 1. The van der Waals surface area contributed by atoms with Gasteiger partial charge in [0.25, 0.3) is 0 Å². The number of nitrogens with zero attached hydrogens (tertiary/aromatic N) is 1. The standard InChI is InChI=1S/C9H16N4O/c1-6(11)2-9(14)13-8-5-12-4-7(8)3-10/h6-8,12H,2,4-5,11H2,1H3,(H,13,14). The molecule has 0 aromatic heterocycles. The molecule has 5 nitrogen and oxygen atoms in total. The van der Waals surface area contributed by atoms with E-state index in [1.165, 1.54) is 0 Å². The molecule has 1 heterocycles. The molecule has 1 saturated heterocycles. The number of nitrogens with two attached hydrogens (primary N) is 1. The van der Waals surface area contributed by atoms with Crippen molar-refractivity contribution in [2.24, 2.45) is 11.7 Å². The number of rotatable bonds is 3. The van der Waals surface area contributed by atoms with E-state index in [1.54, 1.807) is 6.92 Å². The zero-order valence-corrected chi connectivity index (χ0v) is 8.29. The Morgan fingerprint density at radius 3 is 3.07 bits per heavy atom. The van der Waals surface area contributed by atoms with Crippen LogP contribution >= 0.6 is 0 Å². The van der Waals surface area contributed by atoms with Gasteiger partial charge in [-0.2, -0.15) is 5.26 Å². The van der Waals surface area contributed by atoms with Gasteiger partial charge in [0, 0.05) is 25.6 Å². The van der Waals surface area contributed by atoms with Crippen LogP contribution in [0.15, 0.2) is 0 Å².